The number of thioether (sulfide) groups is 1. The molecule has 1 aromatic carbocycles. The van der Waals surface area contributed by atoms with Crippen molar-refractivity contribution in [1.82, 2.24) is 4.90 Å². The zero-order chi connectivity index (χ0) is 20.3. The zero-order valence-electron chi connectivity index (χ0n) is 15.4. The molecule has 8 nitrogen and oxygen atoms in total. The highest BCUT2D eigenvalue weighted by atomic mass is 32.2. The van der Waals surface area contributed by atoms with E-state index >= 15 is 0 Å². The van der Waals surface area contributed by atoms with Gasteiger partial charge in [0, 0.05) is 5.56 Å². The van der Waals surface area contributed by atoms with Crippen LogP contribution < -0.4 is 9.47 Å². The van der Waals surface area contributed by atoms with Crippen LogP contribution in [0.15, 0.2) is 39.7 Å². The molecule has 1 saturated heterocycles. The SMILES string of the molecule is COC(=O)c1ccc(CN2C(=O)S/C(=C/c3cc(OC)ccc3OC)C2=O)o1. The maximum Gasteiger partial charge on any atom is 0.373 e. The molecular formula is C19H17NO7S. The third-order valence-electron chi connectivity index (χ3n) is 3.96. The number of imide groups is 1. The van der Waals surface area contributed by atoms with Gasteiger partial charge in [0.1, 0.15) is 17.3 Å². The molecule has 146 valence electrons. The Hall–Kier alpha value is -3.20. The summed E-state index contributed by atoms with van der Waals surface area (Å²) in [6.07, 6.45) is 1.58. The second kappa shape index (κ2) is 8.22. The Bertz CT molecular complexity index is 963. The predicted molar refractivity (Wildman–Crippen MR) is 101 cm³/mol. The molecule has 0 radical (unpaired) electrons. The van der Waals surface area contributed by atoms with Crippen LogP contribution in [0.3, 0.4) is 0 Å². The maximum atomic E-state index is 12.7. The van der Waals surface area contributed by atoms with Gasteiger partial charge in [0.05, 0.1) is 32.8 Å². The number of amides is 2. The number of nitrogens with zero attached hydrogens (tertiary/aromatic N) is 1. The maximum absolute atomic E-state index is 12.7. The Kier molecular flexibility index (Phi) is 5.74. The van der Waals surface area contributed by atoms with Crippen LogP contribution in [0.1, 0.15) is 21.9 Å². The van der Waals surface area contributed by atoms with Crippen molar-refractivity contribution >= 4 is 35.0 Å². The molecule has 0 aliphatic carbocycles. The Morgan fingerprint density at radius 1 is 1.14 bits per heavy atom. The van der Waals surface area contributed by atoms with Gasteiger partial charge >= 0.3 is 5.97 Å². The molecule has 1 aromatic heterocycles. The summed E-state index contributed by atoms with van der Waals surface area (Å²) in [5.41, 5.74) is 0.610. The van der Waals surface area contributed by atoms with E-state index in [-0.39, 0.29) is 17.2 Å². The van der Waals surface area contributed by atoms with Gasteiger partial charge in [-0.3, -0.25) is 14.5 Å². The normalized spacial score (nSPS) is 15.2. The van der Waals surface area contributed by atoms with Crippen molar-refractivity contribution in [2.24, 2.45) is 0 Å². The van der Waals surface area contributed by atoms with Crippen LogP contribution in [0.25, 0.3) is 6.08 Å². The zero-order valence-corrected chi connectivity index (χ0v) is 16.2. The lowest BCUT2D eigenvalue weighted by Gasteiger charge is -2.10. The fourth-order valence-corrected chi connectivity index (χ4v) is 3.39. The fourth-order valence-electron chi connectivity index (χ4n) is 2.56. The highest BCUT2D eigenvalue weighted by molar-refractivity contribution is 8.18. The molecule has 1 fully saturated rings. The first kappa shape index (κ1) is 19.6. The van der Waals surface area contributed by atoms with Crippen LogP contribution in [0.2, 0.25) is 0 Å². The smallest absolute Gasteiger partial charge is 0.373 e. The number of hydrogen-bond acceptors (Lipinski definition) is 8. The van der Waals surface area contributed by atoms with E-state index in [9.17, 15) is 14.4 Å². The first-order valence-electron chi connectivity index (χ1n) is 8.11. The average molecular weight is 403 g/mol. The van der Waals surface area contributed by atoms with Crippen molar-refractivity contribution in [1.29, 1.82) is 0 Å². The quantitative estimate of drug-likeness (QED) is 0.535. The van der Waals surface area contributed by atoms with E-state index in [2.05, 4.69) is 4.74 Å². The summed E-state index contributed by atoms with van der Waals surface area (Å²) in [7, 11) is 4.28. The van der Waals surface area contributed by atoms with Crippen LogP contribution in [-0.4, -0.2) is 43.3 Å². The van der Waals surface area contributed by atoms with Gasteiger partial charge in [0.15, 0.2) is 0 Å². The van der Waals surface area contributed by atoms with Gasteiger partial charge in [0.2, 0.25) is 5.76 Å². The van der Waals surface area contributed by atoms with Crippen molar-refractivity contribution in [3.05, 3.63) is 52.3 Å². The van der Waals surface area contributed by atoms with Gasteiger partial charge in [-0.1, -0.05) is 0 Å². The van der Waals surface area contributed by atoms with Crippen molar-refractivity contribution in [2.75, 3.05) is 21.3 Å². The van der Waals surface area contributed by atoms with Crippen LogP contribution >= 0.6 is 11.8 Å². The molecule has 2 heterocycles. The Labute approximate surface area is 165 Å². The highest BCUT2D eigenvalue weighted by Gasteiger charge is 2.36. The molecular weight excluding hydrogens is 386 g/mol. The summed E-state index contributed by atoms with van der Waals surface area (Å²) in [5.74, 6) is 0.337. The molecule has 1 aliphatic rings. The lowest BCUT2D eigenvalue weighted by molar-refractivity contribution is -0.123. The van der Waals surface area contributed by atoms with Gasteiger partial charge in [-0.05, 0) is 48.2 Å². The molecule has 0 N–H and O–H groups in total. The monoisotopic (exact) mass is 403 g/mol. The van der Waals surface area contributed by atoms with Crippen molar-refractivity contribution < 1.29 is 33.0 Å². The minimum atomic E-state index is -0.634. The first-order valence-corrected chi connectivity index (χ1v) is 8.93. The molecule has 0 bridgehead atoms. The highest BCUT2D eigenvalue weighted by Crippen LogP contribution is 2.36. The van der Waals surface area contributed by atoms with Gasteiger partial charge in [-0.2, -0.15) is 0 Å². The standard InChI is InChI=1S/C19H17NO7S/c1-24-12-4-6-14(25-2)11(8-12)9-16-17(21)20(19(23)28-16)10-13-5-7-15(27-13)18(22)26-3/h4-9H,10H2,1-3H3/b16-9+. The first-order chi connectivity index (χ1) is 13.5. The predicted octanol–water partition coefficient (Wildman–Crippen LogP) is 3.32. The van der Waals surface area contributed by atoms with Crippen molar-refractivity contribution in [3.63, 3.8) is 0 Å². The summed E-state index contributed by atoms with van der Waals surface area (Å²) >= 11 is 0.815. The molecule has 2 aromatic rings. The summed E-state index contributed by atoms with van der Waals surface area (Å²) in [5, 5.41) is -0.436. The number of rotatable bonds is 6. The van der Waals surface area contributed by atoms with Gasteiger partial charge in [-0.25, -0.2) is 4.79 Å². The van der Waals surface area contributed by atoms with Gasteiger partial charge in [0.25, 0.3) is 11.1 Å². The largest absolute Gasteiger partial charge is 0.497 e. The van der Waals surface area contributed by atoms with Crippen molar-refractivity contribution in [2.45, 2.75) is 6.54 Å². The number of esters is 1. The molecule has 0 spiro atoms. The average Bonchev–Trinajstić information content (AvgIpc) is 3.28. The fraction of sp³-hybridized carbons (Fsp3) is 0.211. The molecule has 9 heteroatoms. The lowest BCUT2D eigenvalue weighted by atomic mass is 10.1. The molecule has 3 rings (SSSR count). The third-order valence-corrected chi connectivity index (χ3v) is 4.87. The Balaban J connectivity index is 1.83. The van der Waals surface area contributed by atoms with E-state index in [0.717, 1.165) is 16.7 Å². The number of benzene rings is 1. The molecule has 1 aliphatic heterocycles. The number of ether oxygens (including phenoxy) is 3. The van der Waals surface area contributed by atoms with Crippen LogP contribution in [0.5, 0.6) is 11.5 Å². The summed E-state index contributed by atoms with van der Waals surface area (Å²) in [4.78, 5) is 37.7. The number of methoxy groups -OCH3 is 3. The number of carbonyl (C=O) groups excluding carboxylic acids is 3. The van der Waals surface area contributed by atoms with Crippen molar-refractivity contribution in [3.8, 4) is 11.5 Å². The molecule has 0 unspecified atom stereocenters. The minimum Gasteiger partial charge on any atom is -0.497 e. The topological polar surface area (TPSA) is 95.3 Å². The van der Waals surface area contributed by atoms with Crippen LogP contribution in [0.4, 0.5) is 4.79 Å². The second-order valence-corrected chi connectivity index (χ2v) is 6.63. The Morgan fingerprint density at radius 2 is 1.93 bits per heavy atom. The van der Waals surface area contributed by atoms with E-state index < -0.39 is 17.1 Å². The second-order valence-electron chi connectivity index (χ2n) is 5.63. The molecule has 0 saturated carbocycles. The Morgan fingerprint density at radius 3 is 2.61 bits per heavy atom. The molecule has 2 amide bonds. The van der Waals surface area contributed by atoms with Crippen LogP contribution in [-0.2, 0) is 16.1 Å². The van der Waals surface area contributed by atoms with Crippen LogP contribution in [0, 0.1) is 0 Å². The lowest BCUT2D eigenvalue weighted by Crippen LogP contribution is -2.27. The van der Waals surface area contributed by atoms with E-state index in [4.69, 9.17) is 13.9 Å². The third kappa shape index (κ3) is 3.89. The molecule has 28 heavy (non-hydrogen) atoms. The summed E-state index contributed by atoms with van der Waals surface area (Å²) in [6.45, 7) is -0.0890. The summed E-state index contributed by atoms with van der Waals surface area (Å²) < 4.78 is 20.4. The van der Waals surface area contributed by atoms with E-state index in [0.29, 0.717) is 22.8 Å². The van der Waals surface area contributed by atoms with Gasteiger partial charge < -0.3 is 18.6 Å². The van der Waals surface area contributed by atoms with E-state index in [1.807, 2.05) is 0 Å². The van der Waals surface area contributed by atoms with Gasteiger partial charge in [-0.15, -0.1) is 0 Å². The number of hydrogen-bond donors (Lipinski definition) is 0. The minimum absolute atomic E-state index is 0.00105. The van der Waals surface area contributed by atoms with E-state index in [1.54, 1.807) is 24.3 Å². The molecule has 0 atom stereocenters. The summed E-state index contributed by atoms with van der Waals surface area (Å²) in [6, 6.07) is 8.10. The number of furan rings is 1. The number of carbonyl (C=O) groups is 3. The van der Waals surface area contributed by atoms with E-state index in [1.165, 1.54) is 33.5 Å².